The molecule has 8 nitrogen and oxygen atoms in total. The molecule has 0 saturated heterocycles. The molecule has 2 aromatic rings. The number of hydrogen-bond acceptors (Lipinski definition) is 7. The second kappa shape index (κ2) is 9.33. The molecule has 1 N–H and O–H groups in total. The molecule has 1 amide bonds. The third-order valence-electron chi connectivity index (χ3n) is 4.10. The molecule has 0 unspecified atom stereocenters. The van der Waals surface area contributed by atoms with E-state index in [1.54, 1.807) is 4.68 Å². The monoisotopic (exact) mass is 377 g/mol. The lowest BCUT2D eigenvalue weighted by Crippen LogP contribution is -2.46. The van der Waals surface area contributed by atoms with E-state index in [4.69, 9.17) is 4.74 Å². The highest BCUT2D eigenvalue weighted by Gasteiger charge is 2.26. The van der Waals surface area contributed by atoms with Crippen molar-refractivity contribution in [1.29, 1.82) is 0 Å². The molecule has 1 aromatic carbocycles. The van der Waals surface area contributed by atoms with Gasteiger partial charge < -0.3 is 10.1 Å². The first kappa shape index (κ1) is 19.9. The Morgan fingerprint density at radius 3 is 2.73 bits per heavy atom. The minimum atomic E-state index is -0.662. The van der Waals surface area contributed by atoms with Gasteiger partial charge in [-0.05, 0) is 34.9 Å². The molecule has 0 aliphatic heterocycles. The van der Waals surface area contributed by atoms with Gasteiger partial charge in [-0.3, -0.25) is 4.79 Å². The summed E-state index contributed by atoms with van der Waals surface area (Å²) in [4.78, 5) is 24.2. The molecule has 0 fully saturated rings. The number of hydrogen-bond donors (Lipinski definition) is 1. The number of methoxy groups -OCH3 is 1. The molecule has 1 aromatic heterocycles. The van der Waals surface area contributed by atoms with Crippen molar-refractivity contribution in [3.63, 3.8) is 0 Å². The summed E-state index contributed by atoms with van der Waals surface area (Å²) in [5.74, 6) is -0.642. The Bertz CT molecular complexity index is 764. The lowest BCUT2D eigenvalue weighted by Gasteiger charge is -2.21. The zero-order valence-electron chi connectivity index (χ0n) is 15.3. The second-order valence-corrected chi connectivity index (χ2v) is 6.84. The maximum Gasteiger partial charge on any atom is 0.328 e. The number of nitrogens with zero attached hydrogens (tertiary/aromatic N) is 4. The first-order chi connectivity index (χ1) is 12.5. The predicted molar refractivity (Wildman–Crippen MR) is 98.0 cm³/mol. The number of esters is 1. The smallest absolute Gasteiger partial charge is 0.328 e. The molecule has 26 heavy (non-hydrogen) atoms. The van der Waals surface area contributed by atoms with Gasteiger partial charge in [0.1, 0.15) is 6.04 Å². The van der Waals surface area contributed by atoms with Crippen molar-refractivity contribution in [3.05, 3.63) is 29.8 Å². The minimum Gasteiger partial charge on any atom is -0.467 e. The number of para-hydroxylation sites is 1. The highest BCUT2D eigenvalue weighted by Crippen LogP contribution is 2.20. The van der Waals surface area contributed by atoms with E-state index in [1.165, 1.54) is 18.9 Å². The number of benzene rings is 1. The number of thioether (sulfide) groups is 1. The number of carbonyl (C=O) groups is 2. The standard InChI is InChI=1S/C17H23N5O3S/c1-5-11(2)15(16(24)25-4)18-14(23)10-26-17-19-20-21-22(17)13-9-7-6-8-12(13)3/h6-9,11,15H,5,10H2,1-4H3,(H,18,23)/t11-,15+/m0/s1. The topological polar surface area (TPSA) is 99.0 Å². The summed E-state index contributed by atoms with van der Waals surface area (Å²) in [6.07, 6.45) is 0.749. The third kappa shape index (κ3) is 4.81. The maximum absolute atomic E-state index is 12.3. The van der Waals surface area contributed by atoms with E-state index in [0.717, 1.165) is 17.7 Å². The van der Waals surface area contributed by atoms with E-state index >= 15 is 0 Å². The number of amides is 1. The van der Waals surface area contributed by atoms with Gasteiger partial charge in [0.15, 0.2) is 0 Å². The normalized spacial score (nSPS) is 13.1. The van der Waals surface area contributed by atoms with Gasteiger partial charge in [0, 0.05) is 0 Å². The second-order valence-electron chi connectivity index (χ2n) is 5.90. The van der Waals surface area contributed by atoms with Crippen molar-refractivity contribution < 1.29 is 14.3 Å². The van der Waals surface area contributed by atoms with Crippen LogP contribution >= 0.6 is 11.8 Å². The summed E-state index contributed by atoms with van der Waals surface area (Å²) in [5.41, 5.74) is 1.88. The van der Waals surface area contributed by atoms with Crippen LogP contribution in [0.15, 0.2) is 29.4 Å². The fourth-order valence-corrected chi connectivity index (χ4v) is 3.06. The zero-order chi connectivity index (χ0) is 19.1. The van der Waals surface area contributed by atoms with Gasteiger partial charge in [-0.1, -0.05) is 50.2 Å². The molecule has 0 saturated carbocycles. The fraction of sp³-hybridized carbons (Fsp3) is 0.471. The molecule has 2 atom stereocenters. The summed E-state index contributed by atoms with van der Waals surface area (Å²) < 4.78 is 6.38. The molecule has 0 bridgehead atoms. The van der Waals surface area contributed by atoms with Crippen LogP contribution in [0.25, 0.3) is 5.69 Å². The van der Waals surface area contributed by atoms with E-state index in [-0.39, 0.29) is 17.6 Å². The van der Waals surface area contributed by atoms with E-state index in [2.05, 4.69) is 20.8 Å². The molecular weight excluding hydrogens is 354 g/mol. The maximum atomic E-state index is 12.3. The largest absolute Gasteiger partial charge is 0.467 e. The highest BCUT2D eigenvalue weighted by atomic mass is 32.2. The number of aromatic nitrogens is 4. The fourth-order valence-electron chi connectivity index (χ4n) is 2.36. The first-order valence-electron chi connectivity index (χ1n) is 8.32. The molecule has 0 aliphatic carbocycles. The van der Waals surface area contributed by atoms with Gasteiger partial charge in [-0.15, -0.1) is 5.10 Å². The van der Waals surface area contributed by atoms with Crippen molar-refractivity contribution in [2.45, 2.75) is 38.4 Å². The molecule has 9 heteroatoms. The van der Waals surface area contributed by atoms with Crippen LogP contribution in [0.4, 0.5) is 0 Å². The molecule has 0 radical (unpaired) electrons. The van der Waals surface area contributed by atoms with E-state index in [9.17, 15) is 9.59 Å². The Balaban J connectivity index is 2.03. The molecular formula is C17H23N5O3S. The van der Waals surface area contributed by atoms with Gasteiger partial charge in [-0.2, -0.15) is 4.68 Å². The van der Waals surface area contributed by atoms with Gasteiger partial charge >= 0.3 is 5.97 Å². The minimum absolute atomic E-state index is 0.0197. The summed E-state index contributed by atoms with van der Waals surface area (Å²) in [7, 11) is 1.31. The quantitative estimate of drug-likeness (QED) is 0.553. The van der Waals surface area contributed by atoms with Gasteiger partial charge in [-0.25, -0.2) is 4.79 Å². The summed E-state index contributed by atoms with van der Waals surface area (Å²) in [5, 5.41) is 14.9. The van der Waals surface area contributed by atoms with Crippen LogP contribution in [-0.4, -0.2) is 51.0 Å². The average Bonchev–Trinajstić information content (AvgIpc) is 3.11. The summed E-state index contributed by atoms with van der Waals surface area (Å²) in [6, 6.07) is 7.05. The molecule has 1 heterocycles. The van der Waals surface area contributed by atoms with E-state index in [0.29, 0.717) is 5.16 Å². The molecule has 140 valence electrons. The van der Waals surface area contributed by atoms with Crippen LogP contribution in [0.3, 0.4) is 0 Å². The van der Waals surface area contributed by atoms with Crippen LogP contribution in [0.1, 0.15) is 25.8 Å². The van der Waals surface area contributed by atoms with Gasteiger partial charge in [0.05, 0.1) is 18.6 Å². The number of rotatable bonds is 8. The van der Waals surface area contributed by atoms with Crippen LogP contribution < -0.4 is 5.32 Å². The number of ether oxygens (including phenoxy) is 1. The van der Waals surface area contributed by atoms with Crippen molar-refractivity contribution in [2.24, 2.45) is 5.92 Å². The number of nitrogens with one attached hydrogen (secondary N) is 1. The van der Waals surface area contributed by atoms with Crippen LogP contribution in [0, 0.1) is 12.8 Å². The lowest BCUT2D eigenvalue weighted by molar-refractivity contribution is -0.146. The van der Waals surface area contributed by atoms with Crippen molar-refractivity contribution in [1.82, 2.24) is 25.5 Å². The Kier molecular flexibility index (Phi) is 7.14. The van der Waals surface area contributed by atoms with Crippen molar-refractivity contribution in [2.75, 3.05) is 12.9 Å². The van der Waals surface area contributed by atoms with E-state index in [1.807, 2.05) is 45.0 Å². The van der Waals surface area contributed by atoms with Crippen molar-refractivity contribution in [3.8, 4) is 5.69 Å². The van der Waals surface area contributed by atoms with Crippen LogP contribution in [-0.2, 0) is 14.3 Å². The Labute approximate surface area is 156 Å². The Morgan fingerprint density at radius 2 is 2.08 bits per heavy atom. The number of carbonyl (C=O) groups excluding carboxylic acids is 2. The molecule has 0 aliphatic rings. The van der Waals surface area contributed by atoms with Crippen molar-refractivity contribution >= 4 is 23.6 Å². The number of tetrazole rings is 1. The SMILES string of the molecule is CC[C@H](C)[C@@H](NC(=O)CSc1nnnn1-c1ccccc1C)C(=O)OC. The van der Waals surface area contributed by atoms with Gasteiger partial charge in [0.25, 0.3) is 0 Å². The molecule has 0 spiro atoms. The summed E-state index contributed by atoms with van der Waals surface area (Å²) in [6.45, 7) is 5.82. The highest BCUT2D eigenvalue weighted by molar-refractivity contribution is 7.99. The Hall–Kier alpha value is -2.42. The lowest BCUT2D eigenvalue weighted by atomic mass is 9.99. The first-order valence-corrected chi connectivity index (χ1v) is 9.30. The van der Waals surface area contributed by atoms with Gasteiger partial charge in [0.2, 0.25) is 11.1 Å². The third-order valence-corrected chi connectivity index (χ3v) is 5.02. The van der Waals surface area contributed by atoms with Crippen LogP contribution in [0.5, 0.6) is 0 Å². The summed E-state index contributed by atoms with van der Waals surface area (Å²) >= 11 is 1.21. The molecule has 2 rings (SSSR count). The van der Waals surface area contributed by atoms with Crippen LogP contribution in [0.2, 0.25) is 0 Å². The van der Waals surface area contributed by atoms with E-state index < -0.39 is 12.0 Å². The Morgan fingerprint density at radius 1 is 1.35 bits per heavy atom. The number of aryl methyl sites for hydroxylation is 1. The average molecular weight is 377 g/mol. The predicted octanol–water partition coefficient (Wildman–Crippen LogP) is 1.77. The zero-order valence-corrected chi connectivity index (χ0v) is 16.1.